The second kappa shape index (κ2) is 6.48. The molecule has 132 valence electrons. The van der Waals surface area contributed by atoms with Gasteiger partial charge in [-0.25, -0.2) is 9.48 Å². The Balaban J connectivity index is 1.38. The number of carbonyl (C=O) groups excluding carboxylic acids is 1. The van der Waals surface area contributed by atoms with Gasteiger partial charge in [-0.05, 0) is 31.2 Å². The lowest BCUT2D eigenvalue weighted by Gasteiger charge is -2.46. The van der Waals surface area contributed by atoms with Crippen molar-refractivity contribution in [2.24, 2.45) is 0 Å². The number of anilines is 1. The maximum absolute atomic E-state index is 12.3. The van der Waals surface area contributed by atoms with Crippen molar-refractivity contribution in [3.8, 4) is 0 Å². The molecule has 0 radical (unpaired) electrons. The van der Waals surface area contributed by atoms with E-state index in [2.05, 4.69) is 32.8 Å². The summed E-state index contributed by atoms with van der Waals surface area (Å²) in [6.07, 6.45) is 4.15. The van der Waals surface area contributed by atoms with Crippen LogP contribution in [0, 0.1) is 0 Å². The Morgan fingerprint density at radius 1 is 1.28 bits per heavy atom. The zero-order valence-corrected chi connectivity index (χ0v) is 14.1. The highest BCUT2D eigenvalue weighted by Crippen LogP contribution is 2.43. The van der Waals surface area contributed by atoms with Gasteiger partial charge < -0.3 is 10.4 Å². The van der Waals surface area contributed by atoms with Crippen LogP contribution in [-0.2, 0) is 18.4 Å². The summed E-state index contributed by atoms with van der Waals surface area (Å²) >= 11 is 0. The molecular formula is C18H23N5O2. The molecule has 7 heteroatoms. The van der Waals surface area contributed by atoms with Gasteiger partial charge in [0.15, 0.2) is 0 Å². The number of urea groups is 1. The van der Waals surface area contributed by atoms with E-state index in [4.69, 9.17) is 0 Å². The summed E-state index contributed by atoms with van der Waals surface area (Å²) < 4.78 is 1.87. The SMILES string of the molecule is O=C(NCC1(c2ccccc2)CC(O)C1)Nc1nc2n(n1)CCCC2. The Morgan fingerprint density at radius 3 is 2.80 bits per heavy atom. The summed E-state index contributed by atoms with van der Waals surface area (Å²) in [5.41, 5.74) is 0.954. The number of nitrogens with zero attached hydrogens (tertiary/aromatic N) is 3. The fourth-order valence-corrected chi connectivity index (χ4v) is 3.85. The van der Waals surface area contributed by atoms with Gasteiger partial charge in [-0.2, -0.15) is 4.98 Å². The molecule has 2 aromatic rings. The highest BCUT2D eigenvalue weighted by Gasteiger charge is 2.44. The van der Waals surface area contributed by atoms with Gasteiger partial charge in [-0.15, -0.1) is 5.10 Å². The minimum Gasteiger partial charge on any atom is -0.393 e. The average Bonchev–Trinajstić information content (AvgIpc) is 3.00. The summed E-state index contributed by atoms with van der Waals surface area (Å²) in [7, 11) is 0. The highest BCUT2D eigenvalue weighted by atomic mass is 16.3. The van der Waals surface area contributed by atoms with Gasteiger partial charge in [0.1, 0.15) is 5.82 Å². The topological polar surface area (TPSA) is 92.1 Å². The van der Waals surface area contributed by atoms with Gasteiger partial charge in [-0.1, -0.05) is 30.3 Å². The molecule has 2 heterocycles. The molecule has 1 fully saturated rings. The number of hydrogen-bond donors (Lipinski definition) is 3. The van der Waals surface area contributed by atoms with Gasteiger partial charge in [0.2, 0.25) is 5.95 Å². The molecule has 1 aliphatic carbocycles. The van der Waals surface area contributed by atoms with E-state index < -0.39 is 0 Å². The number of nitrogens with one attached hydrogen (secondary N) is 2. The lowest BCUT2D eigenvalue weighted by molar-refractivity contribution is 0.0193. The number of hydrogen-bond acceptors (Lipinski definition) is 4. The van der Waals surface area contributed by atoms with Crippen LogP contribution in [0.2, 0.25) is 0 Å². The van der Waals surface area contributed by atoms with E-state index >= 15 is 0 Å². The van der Waals surface area contributed by atoms with Crippen LogP contribution in [0.25, 0.3) is 0 Å². The first-order valence-corrected chi connectivity index (χ1v) is 8.87. The summed E-state index contributed by atoms with van der Waals surface area (Å²) in [5, 5.41) is 19.8. The summed E-state index contributed by atoms with van der Waals surface area (Å²) in [5.74, 6) is 1.29. The van der Waals surface area contributed by atoms with Crippen LogP contribution in [-0.4, -0.2) is 38.6 Å². The van der Waals surface area contributed by atoms with Crippen molar-refractivity contribution in [2.75, 3.05) is 11.9 Å². The lowest BCUT2D eigenvalue weighted by atomic mass is 9.62. The summed E-state index contributed by atoms with van der Waals surface area (Å²) in [6, 6.07) is 9.74. The van der Waals surface area contributed by atoms with Crippen molar-refractivity contribution in [2.45, 2.75) is 50.2 Å². The first kappa shape index (κ1) is 16.1. The fourth-order valence-electron chi connectivity index (χ4n) is 3.85. The number of aliphatic hydroxyl groups is 1. The second-order valence-electron chi connectivity index (χ2n) is 7.05. The van der Waals surface area contributed by atoms with E-state index in [0.29, 0.717) is 25.3 Å². The standard InChI is InChI=1S/C18H23N5O2/c24-14-10-18(11-14,13-6-2-1-3-7-13)12-19-17(25)21-16-20-15-8-4-5-9-23(15)22-16/h1-3,6-7,14,24H,4-5,8-12H2,(H2,19,21,22,25). The van der Waals surface area contributed by atoms with Crippen molar-refractivity contribution in [3.63, 3.8) is 0 Å². The van der Waals surface area contributed by atoms with Gasteiger partial charge >= 0.3 is 6.03 Å². The predicted octanol–water partition coefficient (Wildman–Crippen LogP) is 1.83. The quantitative estimate of drug-likeness (QED) is 0.791. The number of benzene rings is 1. The third-order valence-electron chi connectivity index (χ3n) is 5.22. The van der Waals surface area contributed by atoms with Gasteiger partial charge in [0.25, 0.3) is 0 Å². The fraction of sp³-hybridized carbons (Fsp3) is 0.500. The first-order chi connectivity index (χ1) is 12.1. The molecule has 4 rings (SSSR count). The zero-order valence-electron chi connectivity index (χ0n) is 14.1. The van der Waals surface area contributed by atoms with Crippen LogP contribution < -0.4 is 10.6 Å². The van der Waals surface area contributed by atoms with Crippen LogP contribution in [0.3, 0.4) is 0 Å². The van der Waals surface area contributed by atoms with Crippen LogP contribution in [0.5, 0.6) is 0 Å². The molecule has 1 aromatic heterocycles. The minimum atomic E-state index is -0.306. The molecule has 0 bridgehead atoms. The Kier molecular flexibility index (Phi) is 4.17. The number of amides is 2. The zero-order chi connectivity index (χ0) is 17.3. The van der Waals surface area contributed by atoms with E-state index in [0.717, 1.165) is 37.2 Å². The Bertz CT molecular complexity index is 729. The van der Waals surface area contributed by atoms with Crippen molar-refractivity contribution in [3.05, 3.63) is 41.7 Å². The van der Waals surface area contributed by atoms with Crippen LogP contribution in [0.4, 0.5) is 10.7 Å². The number of aryl methyl sites for hydroxylation is 2. The third kappa shape index (κ3) is 3.24. The normalized spacial score (nSPS) is 24.9. The number of aromatic nitrogens is 3. The van der Waals surface area contributed by atoms with E-state index in [9.17, 15) is 9.90 Å². The molecule has 25 heavy (non-hydrogen) atoms. The van der Waals surface area contributed by atoms with Crippen LogP contribution in [0.1, 0.15) is 37.1 Å². The first-order valence-electron chi connectivity index (χ1n) is 8.87. The molecule has 0 saturated heterocycles. The van der Waals surface area contributed by atoms with Crippen molar-refractivity contribution >= 4 is 12.0 Å². The summed E-state index contributed by atoms with van der Waals surface area (Å²) in [6.45, 7) is 1.34. The molecule has 2 amide bonds. The molecular weight excluding hydrogens is 318 g/mol. The minimum absolute atomic E-state index is 0.196. The molecule has 1 saturated carbocycles. The lowest BCUT2D eigenvalue weighted by Crippen LogP contribution is -2.52. The molecule has 2 aliphatic rings. The predicted molar refractivity (Wildman–Crippen MR) is 93.3 cm³/mol. The van der Waals surface area contributed by atoms with Crippen molar-refractivity contribution in [1.29, 1.82) is 0 Å². The molecule has 1 aromatic carbocycles. The third-order valence-corrected chi connectivity index (χ3v) is 5.22. The smallest absolute Gasteiger partial charge is 0.321 e. The molecule has 0 spiro atoms. The largest absolute Gasteiger partial charge is 0.393 e. The van der Waals surface area contributed by atoms with Crippen molar-refractivity contribution in [1.82, 2.24) is 20.1 Å². The maximum atomic E-state index is 12.3. The maximum Gasteiger partial charge on any atom is 0.321 e. The van der Waals surface area contributed by atoms with E-state index in [1.54, 1.807) is 0 Å². The molecule has 0 atom stereocenters. The highest BCUT2D eigenvalue weighted by molar-refractivity contribution is 5.87. The molecule has 3 N–H and O–H groups in total. The number of rotatable bonds is 4. The van der Waals surface area contributed by atoms with E-state index in [-0.39, 0.29) is 17.6 Å². The van der Waals surface area contributed by atoms with Crippen LogP contribution >= 0.6 is 0 Å². The second-order valence-corrected chi connectivity index (χ2v) is 7.05. The van der Waals surface area contributed by atoms with E-state index in [1.165, 1.54) is 0 Å². The van der Waals surface area contributed by atoms with Gasteiger partial charge in [0.05, 0.1) is 6.10 Å². The molecule has 7 nitrogen and oxygen atoms in total. The number of aliphatic hydroxyl groups excluding tert-OH is 1. The van der Waals surface area contributed by atoms with E-state index in [1.807, 2.05) is 22.9 Å². The molecule has 0 unspecified atom stereocenters. The monoisotopic (exact) mass is 341 g/mol. The Labute approximate surface area is 146 Å². The number of fused-ring (bicyclic) bond motifs is 1. The molecule has 1 aliphatic heterocycles. The Morgan fingerprint density at radius 2 is 2.08 bits per heavy atom. The van der Waals surface area contributed by atoms with Crippen molar-refractivity contribution < 1.29 is 9.90 Å². The number of carbonyl (C=O) groups is 1. The Hall–Kier alpha value is -2.41. The summed E-state index contributed by atoms with van der Waals surface area (Å²) in [4.78, 5) is 16.6. The van der Waals surface area contributed by atoms with Gasteiger partial charge in [-0.3, -0.25) is 5.32 Å². The van der Waals surface area contributed by atoms with Crippen LogP contribution in [0.15, 0.2) is 30.3 Å². The van der Waals surface area contributed by atoms with Gasteiger partial charge in [0, 0.05) is 24.9 Å². The average molecular weight is 341 g/mol.